The van der Waals surface area contributed by atoms with Crippen molar-refractivity contribution >= 4 is 17.5 Å². The zero-order valence-electron chi connectivity index (χ0n) is 15.3. The van der Waals surface area contributed by atoms with Crippen molar-refractivity contribution in [3.05, 3.63) is 63.8 Å². The molecule has 0 saturated carbocycles. The van der Waals surface area contributed by atoms with Gasteiger partial charge in [0.25, 0.3) is 5.56 Å². The summed E-state index contributed by atoms with van der Waals surface area (Å²) in [6, 6.07) is 3.38. The van der Waals surface area contributed by atoms with Crippen LogP contribution in [0.1, 0.15) is 12.5 Å². The highest BCUT2D eigenvalue weighted by Gasteiger charge is 2.32. The van der Waals surface area contributed by atoms with Gasteiger partial charge in [-0.2, -0.15) is 13.2 Å². The van der Waals surface area contributed by atoms with Crippen LogP contribution in [0.3, 0.4) is 0 Å². The molecule has 2 unspecified atom stereocenters. The molecule has 160 valence electrons. The molecule has 5 N–H and O–H groups in total. The van der Waals surface area contributed by atoms with E-state index in [-0.39, 0.29) is 22.8 Å². The van der Waals surface area contributed by atoms with E-state index in [1.165, 1.54) is 6.08 Å². The van der Waals surface area contributed by atoms with Crippen LogP contribution in [-0.4, -0.2) is 22.7 Å². The van der Waals surface area contributed by atoms with Gasteiger partial charge in [0.2, 0.25) is 5.90 Å². The first-order valence-electron chi connectivity index (χ1n) is 8.50. The van der Waals surface area contributed by atoms with E-state index in [0.29, 0.717) is 11.6 Å². The number of ether oxygens (including phenoxy) is 1. The van der Waals surface area contributed by atoms with Crippen LogP contribution in [0.4, 0.5) is 17.6 Å². The lowest BCUT2D eigenvalue weighted by molar-refractivity contribution is -0.137. The maximum absolute atomic E-state index is 13.7. The fraction of sp³-hybridized carbons (Fsp3) is 0.222. The van der Waals surface area contributed by atoms with Crippen molar-refractivity contribution in [1.29, 1.82) is 0 Å². The van der Waals surface area contributed by atoms with Crippen LogP contribution in [0.2, 0.25) is 0 Å². The average Bonchev–Trinajstić information content (AvgIpc) is 2.65. The third-order valence-corrected chi connectivity index (χ3v) is 4.28. The number of H-pyrrole nitrogens is 1. The minimum absolute atomic E-state index is 0.0637. The molecule has 0 radical (unpaired) electrons. The summed E-state index contributed by atoms with van der Waals surface area (Å²) in [5, 5.41) is 6.66. The van der Waals surface area contributed by atoms with Gasteiger partial charge in [0, 0.05) is 17.3 Å². The summed E-state index contributed by atoms with van der Waals surface area (Å²) in [5.74, 6) is -1.27. The molecule has 3 rings (SSSR count). The number of benzene rings is 1. The van der Waals surface area contributed by atoms with Gasteiger partial charge in [-0.25, -0.2) is 4.39 Å². The second-order valence-corrected chi connectivity index (χ2v) is 6.76. The summed E-state index contributed by atoms with van der Waals surface area (Å²) < 4.78 is 59.0. The lowest BCUT2D eigenvalue weighted by atomic mass is 10.0. The molecule has 1 aliphatic rings. The zero-order chi connectivity index (χ0) is 22.1. The van der Waals surface area contributed by atoms with Crippen LogP contribution in [0.15, 0.2) is 52.0 Å². The first-order valence-corrected chi connectivity index (χ1v) is 8.93. The minimum Gasteiger partial charge on any atom is -0.437 e. The van der Waals surface area contributed by atoms with Crippen molar-refractivity contribution in [3.8, 4) is 16.9 Å². The smallest absolute Gasteiger partial charge is 0.416 e. The lowest BCUT2D eigenvalue weighted by Crippen LogP contribution is -2.47. The van der Waals surface area contributed by atoms with Gasteiger partial charge >= 0.3 is 6.18 Å². The molecule has 2 atom stereocenters. The summed E-state index contributed by atoms with van der Waals surface area (Å²) in [5.41, 5.74) is 5.79. The minimum atomic E-state index is -4.68. The standard InChI is InChI=1S/C18H16ClF4N5O2/c1-8-4-14(24)26-17(19)28-27-16(8)30-13-5-9(18(21,22)23)2-3-11(13)12-6-10(20)7-25-15(12)29/h2-7,14,17,26,28H,24H2,1H3,(H,25,29). The topological polar surface area (TPSA) is 105 Å². The van der Waals surface area contributed by atoms with Crippen LogP contribution in [0.25, 0.3) is 11.1 Å². The number of rotatable bonds is 2. The van der Waals surface area contributed by atoms with Gasteiger partial charge in [-0.15, -0.1) is 5.10 Å². The summed E-state index contributed by atoms with van der Waals surface area (Å²) in [6.07, 6.45) is -3.04. The van der Waals surface area contributed by atoms with E-state index in [4.69, 9.17) is 22.1 Å². The molecule has 1 aromatic heterocycles. The Morgan fingerprint density at radius 2 is 1.97 bits per heavy atom. The number of halogens is 5. The number of alkyl halides is 4. The molecule has 0 saturated heterocycles. The number of nitrogens with one attached hydrogen (secondary N) is 3. The number of aromatic nitrogens is 1. The van der Waals surface area contributed by atoms with Crippen molar-refractivity contribution in [2.75, 3.05) is 0 Å². The monoisotopic (exact) mass is 445 g/mol. The van der Waals surface area contributed by atoms with Crippen LogP contribution in [0, 0.1) is 5.82 Å². The second-order valence-electron chi connectivity index (χ2n) is 6.32. The van der Waals surface area contributed by atoms with Crippen molar-refractivity contribution in [2.24, 2.45) is 10.8 Å². The van der Waals surface area contributed by atoms with Gasteiger partial charge in [0.05, 0.1) is 17.3 Å². The number of nitrogens with two attached hydrogens (primary N) is 1. The first-order chi connectivity index (χ1) is 14.0. The van der Waals surface area contributed by atoms with Gasteiger partial charge in [-0.05, 0) is 37.3 Å². The number of nitrogens with zero attached hydrogens (tertiary/aromatic N) is 1. The molecule has 30 heavy (non-hydrogen) atoms. The zero-order valence-corrected chi connectivity index (χ0v) is 16.1. The van der Waals surface area contributed by atoms with Crippen LogP contribution < -0.4 is 26.8 Å². The Labute approximate surface area is 172 Å². The Bertz CT molecular complexity index is 1070. The Kier molecular flexibility index (Phi) is 6.15. The molecule has 0 fully saturated rings. The van der Waals surface area contributed by atoms with Gasteiger partial charge in [0.15, 0.2) is 5.62 Å². The largest absolute Gasteiger partial charge is 0.437 e. The van der Waals surface area contributed by atoms with Crippen molar-refractivity contribution < 1.29 is 22.3 Å². The molecule has 12 heteroatoms. The van der Waals surface area contributed by atoms with Crippen LogP contribution in [0.5, 0.6) is 5.75 Å². The van der Waals surface area contributed by atoms with Gasteiger partial charge in [-0.1, -0.05) is 11.6 Å². The third kappa shape index (κ3) is 4.99. The van der Waals surface area contributed by atoms with E-state index >= 15 is 0 Å². The normalized spacial score (nSPS) is 19.8. The fourth-order valence-corrected chi connectivity index (χ4v) is 2.86. The lowest BCUT2D eigenvalue weighted by Gasteiger charge is -2.21. The first kappa shape index (κ1) is 21.8. The van der Waals surface area contributed by atoms with Crippen LogP contribution in [-0.2, 0) is 6.18 Å². The van der Waals surface area contributed by atoms with E-state index in [2.05, 4.69) is 20.8 Å². The maximum Gasteiger partial charge on any atom is 0.416 e. The molecule has 0 bridgehead atoms. The summed E-state index contributed by atoms with van der Waals surface area (Å²) in [7, 11) is 0. The van der Waals surface area contributed by atoms with E-state index < -0.39 is 34.9 Å². The number of hydrogen-bond donors (Lipinski definition) is 4. The highest BCUT2D eigenvalue weighted by atomic mass is 35.5. The Balaban J connectivity index is 2.13. The van der Waals surface area contributed by atoms with Crippen molar-refractivity contribution in [3.63, 3.8) is 0 Å². The van der Waals surface area contributed by atoms with Gasteiger partial charge in [0.1, 0.15) is 11.6 Å². The van der Waals surface area contributed by atoms with E-state index in [0.717, 1.165) is 24.4 Å². The molecular weight excluding hydrogens is 430 g/mol. The molecule has 1 aliphatic heterocycles. The summed E-state index contributed by atoms with van der Waals surface area (Å²) >= 11 is 5.92. The van der Waals surface area contributed by atoms with Gasteiger partial charge < -0.3 is 15.5 Å². The van der Waals surface area contributed by atoms with E-state index in [1.807, 2.05) is 0 Å². The van der Waals surface area contributed by atoms with Gasteiger partial charge in [-0.3, -0.25) is 15.5 Å². The van der Waals surface area contributed by atoms with Crippen LogP contribution >= 0.6 is 11.6 Å². The molecule has 0 spiro atoms. The fourth-order valence-electron chi connectivity index (χ4n) is 2.67. The predicted octanol–water partition coefficient (Wildman–Crippen LogP) is 2.84. The Morgan fingerprint density at radius 1 is 1.23 bits per heavy atom. The number of hydrazone groups is 1. The third-order valence-electron chi connectivity index (χ3n) is 4.06. The van der Waals surface area contributed by atoms with E-state index in [1.54, 1.807) is 6.92 Å². The number of aromatic amines is 1. The summed E-state index contributed by atoms with van der Waals surface area (Å²) in [6.45, 7) is 1.57. The average molecular weight is 446 g/mol. The predicted molar refractivity (Wildman–Crippen MR) is 103 cm³/mol. The SMILES string of the molecule is CC1=CC(N)NC(Cl)NN=C1Oc1cc(C(F)(F)F)ccc1-c1cc(F)c[nH]c1=O. The molecule has 2 aromatic rings. The second kappa shape index (κ2) is 8.46. The van der Waals surface area contributed by atoms with Crippen molar-refractivity contribution in [1.82, 2.24) is 15.7 Å². The maximum atomic E-state index is 13.7. The summed E-state index contributed by atoms with van der Waals surface area (Å²) in [4.78, 5) is 14.3. The van der Waals surface area contributed by atoms with E-state index in [9.17, 15) is 22.4 Å². The molecule has 0 amide bonds. The highest BCUT2D eigenvalue weighted by Crippen LogP contribution is 2.36. The Hall–Kier alpha value is -2.89. The number of hydrogen-bond acceptors (Lipinski definition) is 6. The van der Waals surface area contributed by atoms with Crippen molar-refractivity contribution in [2.45, 2.75) is 24.9 Å². The quantitative estimate of drug-likeness (QED) is 0.323. The molecule has 7 nitrogen and oxygen atoms in total. The molecule has 2 heterocycles. The molecular formula is C18H16ClF4N5O2. The molecule has 1 aromatic carbocycles. The Morgan fingerprint density at radius 3 is 2.67 bits per heavy atom. The molecule has 0 aliphatic carbocycles. The highest BCUT2D eigenvalue weighted by molar-refractivity contribution is 6.20. The number of pyridine rings is 1.